The number of aromatic nitrogens is 1. The fraction of sp³-hybridized carbons (Fsp3) is 0.184. The molecule has 0 aliphatic rings. The van der Waals surface area contributed by atoms with E-state index in [-0.39, 0.29) is 12.4 Å². The summed E-state index contributed by atoms with van der Waals surface area (Å²) in [6, 6.07) is 35.5. The van der Waals surface area contributed by atoms with E-state index < -0.39 is 0 Å². The van der Waals surface area contributed by atoms with Gasteiger partial charge < -0.3 is 24.0 Å². The van der Waals surface area contributed by atoms with Crippen LogP contribution in [0.1, 0.15) is 22.3 Å². The molecule has 0 fully saturated rings. The summed E-state index contributed by atoms with van der Waals surface area (Å²) < 4.78 is 17.1. The lowest BCUT2D eigenvalue weighted by Gasteiger charge is -2.27. The lowest BCUT2D eigenvalue weighted by molar-refractivity contribution is -0.139. The molecular formula is C38H37N3O5. The highest BCUT2D eigenvalue weighted by atomic mass is 16.5. The van der Waals surface area contributed by atoms with Crippen molar-refractivity contribution in [1.29, 1.82) is 0 Å². The van der Waals surface area contributed by atoms with Gasteiger partial charge >= 0.3 is 5.97 Å². The van der Waals surface area contributed by atoms with Gasteiger partial charge in [0.15, 0.2) is 0 Å². The minimum absolute atomic E-state index is 0.213. The molecule has 0 saturated heterocycles. The Hall–Kier alpha value is -5.63. The van der Waals surface area contributed by atoms with Crippen LogP contribution in [0.4, 0.5) is 17.1 Å². The molecule has 0 spiro atoms. The molecule has 1 heterocycles. The van der Waals surface area contributed by atoms with Gasteiger partial charge in [0, 0.05) is 20.2 Å². The number of hydrogen-bond acceptors (Lipinski definition) is 7. The van der Waals surface area contributed by atoms with Crippen LogP contribution in [0, 0.1) is 6.92 Å². The van der Waals surface area contributed by atoms with E-state index in [2.05, 4.69) is 0 Å². The molecule has 0 atom stereocenters. The van der Waals surface area contributed by atoms with E-state index in [4.69, 9.17) is 19.2 Å². The van der Waals surface area contributed by atoms with Gasteiger partial charge in [0.1, 0.15) is 18.9 Å². The van der Waals surface area contributed by atoms with Crippen LogP contribution in [0.25, 0.3) is 11.1 Å². The van der Waals surface area contributed by atoms with E-state index in [0.717, 1.165) is 45.5 Å². The first-order valence-corrected chi connectivity index (χ1v) is 14.9. The van der Waals surface area contributed by atoms with E-state index in [1.54, 1.807) is 11.9 Å². The first-order valence-electron chi connectivity index (χ1n) is 14.9. The zero-order chi connectivity index (χ0) is 32.5. The summed E-state index contributed by atoms with van der Waals surface area (Å²) in [5.74, 6) is 0.559. The molecule has 234 valence electrons. The standard InChI is InChI=1S/C38H37N3O5/c1-27-21-31(16-15-30(27)23-37(43)44-4)32-17-18-33(35(22-32)40(2)26-42)41(3)34-19-20-36(45-24-28-11-7-5-8-12-28)39-38(34)46-25-29-13-9-6-10-14-29/h5-22,26H,23-25H2,1-4H3. The summed E-state index contributed by atoms with van der Waals surface area (Å²) in [6.07, 6.45) is 0.997. The van der Waals surface area contributed by atoms with Gasteiger partial charge in [-0.15, -0.1) is 0 Å². The Balaban J connectivity index is 1.47. The quantitative estimate of drug-likeness (QED) is 0.102. The predicted octanol–water partition coefficient (Wildman–Crippen LogP) is 7.29. The van der Waals surface area contributed by atoms with Gasteiger partial charge in [-0.2, -0.15) is 4.98 Å². The summed E-state index contributed by atoms with van der Waals surface area (Å²) >= 11 is 0. The molecule has 0 aliphatic carbocycles. The van der Waals surface area contributed by atoms with Crippen LogP contribution in [0.2, 0.25) is 0 Å². The normalized spacial score (nSPS) is 10.6. The number of aryl methyl sites for hydroxylation is 1. The average Bonchev–Trinajstić information content (AvgIpc) is 3.10. The zero-order valence-corrected chi connectivity index (χ0v) is 26.5. The number of rotatable bonds is 13. The molecule has 1 aromatic heterocycles. The van der Waals surface area contributed by atoms with E-state index in [0.29, 0.717) is 36.3 Å². The number of anilines is 3. The number of carbonyl (C=O) groups excluding carboxylic acids is 2. The lowest BCUT2D eigenvalue weighted by atomic mass is 9.97. The fourth-order valence-electron chi connectivity index (χ4n) is 5.07. The first-order chi connectivity index (χ1) is 22.4. The van der Waals surface area contributed by atoms with E-state index in [1.807, 2.05) is 128 Å². The van der Waals surface area contributed by atoms with Gasteiger partial charge in [0.2, 0.25) is 18.2 Å². The topological polar surface area (TPSA) is 81.2 Å². The molecule has 8 nitrogen and oxygen atoms in total. The summed E-state index contributed by atoms with van der Waals surface area (Å²) in [4.78, 5) is 32.1. The summed E-state index contributed by atoms with van der Waals surface area (Å²) in [5.41, 5.74) is 8.01. The van der Waals surface area contributed by atoms with Crippen molar-refractivity contribution in [3.63, 3.8) is 0 Å². The monoisotopic (exact) mass is 615 g/mol. The van der Waals surface area contributed by atoms with Crippen molar-refractivity contribution in [2.75, 3.05) is 31.0 Å². The average molecular weight is 616 g/mol. The maximum atomic E-state index is 12.1. The number of esters is 1. The summed E-state index contributed by atoms with van der Waals surface area (Å²) in [5, 5.41) is 0. The number of amides is 1. The number of benzene rings is 4. The predicted molar refractivity (Wildman–Crippen MR) is 181 cm³/mol. The van der Waals surface area contributed by atoms with Gasteiger partial charge in [0.25, 0.3) is 0 Å². The van der Waals surface area contributed by atoms with Crippen LogP contribution in [0.3, 0.4) is 0 Å². The zero-order valence-electron chi connectivity index (χ0n) is 26.5. The summed E-state index contributed by atoms with van der Waals surface area (Å²) in [6.45, 7) is 2.67. The molecule has 0 unspecified atom stereocenters. The number of carbonyl (C=O) groups is 2. The molecule has 0 saturated carbocycles. The molecule has 4 aromatic carbocycles. The van der Waals surface area contributed by atoms with Crippen LogP contribution in [0.15, 0.2) is 109 Å². The lowest BCUT2D eigenvalue weighted by Crippen LogP contribution is -2.20. The number of pyridine rings is 1. The Morgan fingerprint density at radius 2 is 1.35 bits per heavy atom. The van der Waals surface area contributed by atoms with Crippen molar-refractivity contribution < 1.29 is 23.8 Å². The molecule has 8 heteroatoms. The van der Waals surface area contributed by atoms with Crippen molar-refractivity contribution in [3.8, 4) is 22.9 Å². The highest BCUT2D eigenvalue weighted by molar-refractivity contribution is 5.89. The molecule has 0 radical (unpaired) electrons. The number of nitrogens with zero attached hydrogens (tertiary/aromatic N) is 3. The fourth-order valence-corrected chi connectivity index (χ4v) is 5.07. The van der Waals surface area contributed by atoms with Gasteiger partial charge in [-0.25, -0.2) is 0 Å². The van der Waals surface area contributed by atoms with Crippen molar-refractivity contribution in [2.24, 2.45) is 0 Å². The second-order valence-corrected chi connectivity index (χ2v) is 10.9. The van der Waals surface area contributed by atoms with Gasteiger partial charge in [-0.3, -0.25) is 9.59 Å². The Morgan fingerprint density at radius 3 is 1.98 bits per heavy atom. The molecule has 0 aliphatic heterocycles. The van der Waals surface area contributed by atoms with Gasteiger partial charge in [-0.1, -0.05) is 84.9 Å². The highest BCUT2D eigenvalue weighted by Gasteiger charge is 2.20. The molecule has 46 heavy (non-hydrogen) atoms. The second-order valence-electron chi connectivity index (χ2n) is 10.9. The van der Waals surface area contributed by atoms with Crippen molar-refractivity contribution in [1.82, 2.24) is 4.98 Å². The molecule has 1 amide bonds. The largest absolute Gasteiger partial charge is 0.473 e. The van der Waals surface area contributed by atoms with Crippen LogP contribution in [-0.2, 0) is 34.0 Å². The molecular weight excluding hydrogens is 578 g/mol. The highest BCUT2D eigenvalue weighted by Crippen LogP contribution is 2.40. The minimum atomic E-state index is -0.282. The van der Waals surface area contributed by atoms with Crippen molar-refractivity contribution in [3.05, 3.63) is 131 Å². The Labute approximate surface area is 269 Å². The third-order valence-corrected chi connectivity index (χ3v) is 7.74. The van der Waals surface area contributed by atoms with Crippen molar-refractivity contribution >= 4 is 29.4 Å². The van der Waals surface area contributed by atoms with Gasteiger partial charge in [-0.05, 0) is 58.5 Å². The Kier molecular flexibility index (Phi) is 10.3. The van der Waals surface area contributed by atoms with E-state index in [1.165, 1.54) is 7.11 Å². The van der Waals surface area contributed by atoms with Crippen molar-refractivity contribution in [2.45, 2.75) is 26.6 Å². The first kappa shape index (κ1) is 31.8. The second kappa shape index (κ2) is 14.9. The smallest absolute Gasteiger partial charge is 0.309 e. The summed E-state index contributed by atoms with van der Waals surface area (Å²) in [7, 11) is 5.03. The number of hydrogen-bond donors (Lipinski definition) is 0. The Morgan fingerprint density at radius 1 is 0.739 bits per heavy atom. The third kappa shape index (κ3) is 7.71. The van der Waals surface area contributed by atoms with Crippen LogP contribution >= 0.6 is 0 Å². The van der Waals surface area contributed by atoms with Crippen LogP contribution < -0.4 is 19.3 Å². The van der Waals surface area contributed by atoms with Crippen LogP contribution in [0.5, 0.6) is 11.8 Å². The molecule has 0 N–H and O–H groups in total. The third-order valence-electron chi connectivity index (χ3n) is 7.74. The maximum absolute atomic E-state index is 12.1. The van der Waals surface area contributed by atoms with E-state index in [9.17, 15) is 9.59 Å². The SMILES string of the molecule is COC(=O)Cc1ccc(-c2ccc(N(C)c3ccc(OCc4ccccc4)nc3OCc3ccccc3)c(N(C)C=O)c2)cc1C. The molecule has 5 rings (SSSR count). The number of methoxy groups -OCH3 is 1. The minimum Gasteiger partial charge on any atom is -0.473 e. The Bertz CT molecular complexity index is 1790. The number of ether oxygens (including phenoxy) is 3. The van der Waals surface area contributed by atoms with Crippen LogP contribution in [-0.4, -0.2) is 38.6 Å². The maximum Gasteiger partial charge on any atom is 0.309 e. The molecule has 5 aromatic rings. The molecule has 0 bridgehead atoms. The van der Waals surface area contributed by atoms with E-state index >= 15 is 0 Å². The van der Waals surface area contributed by atoms with Gasteiger partial charge in [0.05, 0.1) is 24.9 Å².